The van der Waals surface area contributed by atoms with Gasteiger partial charge in [-0.05, 0) is 50.9 Å². The summed E-state index contributed by atoms with van der Waals surface area (Å²) in [5.41, 5.74) is 4.18. The normalized spacial score (nSPS) is 17.9. The summed E-state index contributed by atoms with van der Waals surface area (Å²) < 4.78 is 16.9. The molecule has 0 bridgehead atoms. The molecule has 8 nitrogen and oxygen atoms in total. The molecule has 0 radical (unpaired) electrons. The van der Waals surface area contributed by atoms with Crippen molar-refractivity contribution in [2.45, 2.75) is 31.4 Å². The third kappa shape index (κ3) is 3.56. The Bertz CT molecular complexity index is 1330. The smallest absolute Gasteiger partial charge is 0.203 e. The van der Waals surface area contributed by atoms with Gasteiger partial charge >= 0.3 is 0 Å². The zero-order valence-corrected chi connectivity index (χ0v) is 18.7. The fourth-order valence-corrected chi connectivity index (χ4v) is 4.94. The van der Waals surface area contributed by atoms with E-state index in [0.29, 0.717) is 37.4 Å². The lowest BCUT2D eigenvalue weighted by Gasteiger charge is -2.30. The number of alkyl halides is 1. The Labute approximate surface area is 191 Å². The summed E-state index contributed by atoms with van der Waals surface area (Å²) in [4.78, 5) is 7.12. The Kier molecular flexibility index (Phi) is 4.86. The minimum Gasteiger partial charge on any atom is -0.380 e. The minimum atomic E-state index is -1.20. The van der Waals surface area contributed by atoms with Gasteiger partial charge in [0.25, 0.3) is 0 Å². The molecule has 5 heterocycles. The number of benzene rings is 1. The highest BCUT2D eigenvalue weighted by Crippen LogP contribution is 2.31. The van der Waals surface area contributed by atoms with Gasteiger partial charge in [-0.3, -0.25) is 0 Å². The van der Waals surface area contributed by atoms with Crippen molar-refractivity contribution >= 4 is 27.9 Å². The molecule has 0 saturated carbocycles. The molecule has 2 N–H and O–H groups in total. The number of aromatic nitrogens is 5. The SMILES string of the molecule is CN1CCCc2c1cnn1c(-c3ccc4cccc(NCC5(F)CCNCC5)c4n3)nnc21. The Morgan fingerprint density at radius 2 is 2.03 bits per heavy atom. The molecule has 0 amide bonds. The predicted molar refractivity (Wildman–Crippen MR) is 128 cm³/mol. The summed E-state index contributed by atoms with van der Waals surface area (Å²) in [6, 6.07) is 9.90. The van der Waals surface area contributed by atoms with Gasteiger partial charge in [0, 0.05) is 31.1 Å². The summed E-state index contributed by atoms with van der Waals surface area (Å²) in [5, 5.41) is 21.1. The molecule has 0 atom stereocenters. The van der Waals surface area contributed by atoms with Crippen molar-refractivity contribution < 1.29 is 4.39 Å². The largest absolute Gasteiger partial charge is 0.380 e. The summed E-state index contributed by atoms with van der Waals surface area (Å²) in [7, 11) is 2.08. The van der Waals surface area contributed by atoms with Crippen LogP contribution >= 0.6 is 0 Å². The molecular formula is C24H27FN8. The summed E-state index contributed by atoms with van der Waals surface area (Å²) >= 11 is 0. The second kappa shape index (κ2) is 7.91. The molecule has 170 valence electrons. The van der Waals surface area contributed by atoms with Gasteiger partial charge in [0.2, 0.25) is 5.82 Å². The van der Waals surface area contributed by atoms with Crippen LogP contribution in [0.25, 0.3) is 28.1 Å². The van der Waals surface area contributed by atoms with Crippen LogP contribution in [0.2, 0.25) is 0 Å². The minimum absolute atomic E-state index is 0.273. The summed E-state index contributed by atoms with van der Waals surface area (Å²) in [6.07, 6.45) is 4.97. The van der Waals surface area contributed by atoms with E-state index in [-0.39, 0.29) is 6.54 Å². The second-order valence-electron chi connectivity index (χ2n) is 9.12. The molecule has 0 spiro atoms. The van der Waals surface area contributed by atoms with E-state index in [2.05, 4.69) is 37.9 Å². The van der Waals surface area contributed by atoms with Crippen LogP contribution in [0.4, 0.5) is 15.8 Å². The van der Waals surface area contributed by atoms with Gasteiger partial charge in [-0.2, -0.15) is 9.61 Å². The van der Waals surface area contributed by atoms with Crippen molar-refractivity contribution in [2.24, 2.45) is 0 Å². The maximum Gasteiger partial charge on any atom is 0.203 e. The number of hydrogen-bond acceptors (Lipinski definition) is 7. The number of rotatable bonds is 4. The molecule has 2 aliphatic rings. The topological polar surface area (TPSA) is 83.3 Å². The van der Waals surface area contributed by atoms with Crippen LogP contribution < -0.4 is 15.5 Å². The number of aryl methyl sites for hydroxylation is 1. The number of anilines is 2. The van der Waals surface area contributed by atoms with E-state index in [9.17, 15) is 0 Å². The van der Waals surface area contributed by atoms with Gasteiger partial charge in [0.05, 0.1) is 23.1 Å². The maximum atomic E-state index is 15.1. The van der Waals surface area contributed by atoms with Crippen LogP contribution in [0, 0.1) is 0 Å². The number of fused-ring (bicyclic) bond motifs is 4. The van der Waals surface area contributed by atoms with Crippen LogP contribution in [0.5, 0.6) is 0 Å². The van der Waals surface area contributed by atoms with Gasteiger partial charge in [0.15, 0.2) is 5.65 Å². The highest BCUT2D eigenvalue weighted by molar-refractivity contribution is 5.91. The van der Waals surface area contributed by atoms with Crippen molar-refractivity contribution in [1.82, 2.24) is 30.1 Å². The van der Waals surface area contributed by atoms with Gasteiger partial charge in [-0.25, -0.2) is 9.37 Å². The van der Waals surface area contributed by atoms with Gasteiger partial charge in [0.1, 0.15) is 11.4 Å². The number of piperidine rings is 1. The van der Waals surface area contributed by atoms with E-state index < -0.39 is 5.67 Å². The first-order valence-electron chi connectivity index (χ1n) is 11.6. The number of nitrogens with zero attached hydrogens (tertiary/aromatic N) is 6. The average Bonchev–Trinajstić information content (AvgIpc) is 3.28. The first-order valence-corrected chi connectivity index (χ1v) is 11.6. The van der Waals surface area contributed by atoms with E-state index in [1.54, 1.807) is 4.52 Å². The number of hydrogen-bond donors (Lipinski definition) is 2. The Morgan fingerprint density at radius 3 is 2.91 bits per heavy atom. The zero-order chi connectivity index (χ0) is 22.4. The summed E-state index contributed by atoms with van der Waals surface area (Å²) in [5.74, 6) is 0.609. The molecule has 4 aromatic rings. The van der Waals surface area contributed by atoms with Crippen LogP contribution in [-0.2, 0) is 6.42 Å². The highest BCUT2D eigenvalue weighted by Gasteiger charge is 2.31. The first-order chi connectivity index (χ1) is 16.1. The van der Waals surface area contributed by atoms with Crippen LogP contribution in [0.3, 0.4) is 0 Å². The molecular weight excluding hydrogens is 419 g/mol. The number of para-hydroxylation sites is 1. The van der Waals surface area contributed by atoms with Crippen LogP contribution in [0.15, 0.2) is 36.5 Å². The maximum absolute atomic E-state index is 15.1. The second-order valence-corrected chi connectivity index (χ2v) is 9.12. The fraction of sp³-hybridized carbons (Fsp3) is 0.417. The molecule has 3 aromatic heterocycles. The molecule has 0 unspecified atom stereocenters. The van der Waals surface area contributed by atoms with Crippen molar-refractivity contribution in [2.75, 3.05) is 43.4 Å². The van der Waals surface area contributed by atoms with Crippen molar-refractivity contribution in [3.8, 4) is 11.5 Å². The number of halogens is 1. The zero-order valence-electron chi connectivity index (χ0n) is 18.7. The third-order valence-corrected chi connectivity index (χ3v) is 6.89. The molecule has 33 heavy (non-hydrogen) atoms. The Hall–Kier alpha value is -3.33. The first kappa shape index (κ1) is 20.3. The lowest BCUT2D eigenvalue weighted by molar-refractivity contribution is 0.131. The van der Waals surface area contributed by atoms with Crippen LogP contribution in [-0.4, -0.2) is 63.7 Å². The Balaban J connectivity index is 1.37. The monoisotopic (exact) mass is 446 g/mol. The number of pyridine rings is 1. The average molecular weight is 447 g/mol. The van der Waals surface area contributed by atoms with E-state index in [1.807, 2.05) is 36.5 Å². The van der Waals surface area contributed by atoms with Crippen molar-refractivity contribution in [3.63, 3.8) is 0 Å². The van der Waals surface area contributed by atoms with Gasteiger partial charge in [-0.1, -0.05) is 18.2 Å². The molecule has 1 fully saturated rings. The van der Waals surface area contributed by atoms with E-state index >= 15 is 4.39 Å². The third-order valence-electron chi connectivity index (χ3n) is 6.89. The van der Waals surface area contributed by atoms with E-state index in [1.165, 1.54) is 5.56 Å². The van der Waals surface area contributed by atoms with Gasteiger partial charge in [-0.15, -0.1) is 10.2 Å². The molecule has 6 rings (SSSR count). The lowest BCUT2D eigenvalue weighted by Crippen LogP contribution is -2.43. The number of nitrogens with one attached hydrogen (secondary N) is 2. The molecule has 0 aliphatic carbocycles. The van der Waals surface area contributed by atoms with E-state index in [0.717, 1.165) is 47.3 Å². The van der Waals surface area contributed by atoms with Crippen molar-refractivity contribution in [3.05, 3.63) is 42.1 Å². The fourth-order valence-electron chi connectivity index (χ4n) is 4.94. The molecule has 9 heteroatoms. The van der Waals surface area contributed by atoms with Gasteiger partial charge < -0.3 is 15.5 Å². The predicted octanol–water partition coefficient (Wildman–Crippen LogP) is 3.23. The molecule has 1 saturated heterocycles. The van der Waals surface area contributed by atoms with Crippen LogP contribution in [0.1, 0.15) is 24.8 Å². The standard InChI is InChI=1S/C24H27FN8/c1-32-13-3-5-17-20(32)14-28-33-22(17)30-31-23(33)19-8-7-16-4-2-6-18(21(16)29-19)27-15-24(25)9-11-26-12-10-24/h2,4,6-8,14,26-27H,3,5,9-13,15H2,1H3. The van der Waals surface area contributed by atoms with E-state index in [4.69, 9.17) is 4.98 Å². The summed E-state index contributed by atoms with van der Waals surface area (Å²) in [6.45, 7) is 2.71. The quantitative estimate of drug-likeness (QED) is 0.498. The van der Waals surface area contributed by atoms with Crippen molar-refractivity contribution in [1.29, 1.82) is 0 Å². The lowest BCUT2D eigenvalue weighted by atomic mass is 9.94. The highest BCUT2D eigenvalue weighted by atomic mass is 19.1. The molecule has 2 aliphatic heterocycles. The Morgan fingerprint density at radius 1 is 1.15 bits per heavy atom. The molecule has 1 aromatic carbocycles.